The lowest BCUT2D eigenvalue weighted by atomic mass is 10.6. The van der Waals surface area contributed by atoms with Crippen LogP contribution in [0.2, 0.25) is 0 Å². The summed E-state index contributed by atoms with van der Waals surface area (Å²) in [5, 5.41) is 0. The highest BCUT2D eigenvalue weighted by molar-refractivity contribution is 8.04. The van der Waals surface area contributed by atoms with Gasteiger partial charge in [-0.25, -0.2) is 0 Å². The number of primary amides is 1. The molecule has 0 aromatic carbocycles. The zero-order valence-electron chi connectivity index (χ0n) is 5.11. The molecular formula is C5H7ClN2OS. The van der Waals surface area contributed by atoms with E-state index in [1.54, 1.807) is 6.21 Å². The van der Waals surface area contributed by atoms with Gasteiger partial charge >= 0.3 is 0 Å². The number of rotatable bonds is 1. The molecule has 0 fully saturated rings. The average molecular weight is 179 g/mol. The molecule has 1 amide bonds. The van der Waals surface area contributed by atoms with Crippen molar-refractivity contribution in [3.8, 4) is 0 Å². The highest BCUT2D eigenvalue weighted by atomic mass is 35.5. The number of carbonyl (C=O) groups is 1. The van der Waals surface area contributed by atoms with Crippen LogP contribution in [0.25, 0.3) is 0 Å². The Bertz CT molecular complexity index is 190. The molecule has 1 heterocycles. The Hall–Kier alpha value is -0.480. The molecule has 2 N–H and O–H groups in total. The van der Waals surface area contributed by atoms with Gasteiger partial charge in [-0.3, -0.25) is 9.79 Å². The fourth-order valence-corrected chi connectivity index (χ4v) is 1.08. The first-order valence-corrected chi connectivity index (χ1v) is 3.43. The third kappa shape index (κ3) is 2.41. The Morgan fingerprint density at radius 3 is 2.80 bits per heavy atom. The van der Waals surface area contributed by atoms with E-state index in [1.807, 2.05) is 0 Å². The summed E-state index contributed by atoms with van der Waals surface area (Å²) in [5.74, 6) is 0.353. The molecule has 56 valence electrons. The monoisotopic (exact) mass is 178 g/mol. The molecule has 1 aliphatic rings. The maximum absolute atomic E-state index is 10.4. The number of thioether (sulfide) groups is 1. The van der Waals surface area contributed by atoms with Crippen molar-refractivity contribution < 1.29 is 4.79 Å². The van der Waals surface area contributed by atoms with E-state index in [1.165, 1.54) is 18.0 Å². The third-order valence-electron chi connectivity index (χ3n) is 0.853. The van der Waals surface area contributed by atoms with Crippen LogP contribution in [0, 0.1) is 0 Å². The third-order valence-corrected chi connectivity index (χ3v) is 1.79. The highest BCUT2D eigenvalue weighted by Gasteiger charge is 2.05. The first-order valence-electron chi connectivity index (χ1n) is 2.45. The summed E-state index contributed by atoms with van der Waals surface area (Å²) in [6, 6.07) is 0. The van der Waals surface area contributed by atoms with Crippen molar-refractivity contribution in [3.63, 3.8) is 0 Å². The van der Waals surface area contributed by atoms with E-state index in [0.29, 0.717) is 4.91 Å². The topological polar surface area (TPSA) is 55.5 Å². The quantitative estimate of drug-likeness (QED) is 0.638. The summed E-state index contributed by atoms with van der Waals surface area (Å²) in [7, 11) is 0. The predicted molar refractivity (Wildman–Crippen MR) is 45.5 cm³/mol. The fourth-order valence-electron chi connectivity index (χ4n) is 0.462. The molecule has 10 heavy (non-hydrogen) atoms. The zero-order chi connectivity index (χ0) is 6.69. The SMILES string of the molecule is Cl.NC(=O)C1=CN=CCS1. The molecule has 0 aromatic rings. The molecular weight excluding hydrogens is 172 g/mol. The minimum atomic E-state index is -0.392. The van der Waals surface area contributed by atoms with Gasteiger partial charge in [0.15, 0.2) is 0 Å². The maximum Gasteiger partial charge on any atom is 0.256 e. The van der Waals surface area contributed by atoms with Crippen LogP contribution in [0.15, 0.2) is 16.1 Å². The number of carbonyl (C=O) groups excluding carboxylic acids is 1. The van der Waals surface area contributed by atoms with E-state index in [4.69, 9.17) is 5.73 Å². The molecule has 0 saturated carbocycles. The number of hydrogen-bond acceptors (Lipinski definition) is 3. The summed E-state index contributed by atoms with van der Waals surface area (Å²) in [6.07, 6.45) is 3.22. The number of aliphatic imine (C=N–C) groups is 1. The maximum atomic E-state index is 10.4. The fraction of sp³-hybridized carbons (Fsp3) is 0.200. The van der Waals surface area contributed by atoms with Crippen molar-refractivity contribution >= 4 is 36.3 Å². The molecule has 1 rings (SSSR count). The Kier molecular flexibility index (Phi) is 4.14. The van der Waals surface area contributed by atoms with Gasteiger partial charge in [0.1, 0.15) is 0 Å². The minimum absolute atomic E-state index is 0. The van der Waals surface area contributed by atoms with Crippen molar-refractivity contribution in [3.05, 3.63) is 11.1 Å². The molecule has 0 bridgehead atoms. The van der Waals surface area contributed by atoms with Crippen LogP contribution < -0.4 is 5.73 Å². The van der Waals surface area contributed by atoms with E-state index in [-0.39, 0.29) is 12.4 Å². The second kappa shape index (κ2) is 4.35. The van der Waals surface area contributed by atoms with Gasteiger partial charge in [-0.15, -0.1) is 24.2 Å². The standard InChI is InChI=1S/C5H6N2OS.ClH/c6-5(8)4-3-7-1-2-9-4;/h1,3H,2H2,(H2,6,8);1H. The normalized spacial score (nSPS) is 15.4. The minimum Gasteiger partial charge on any atom is -0.365 e. The molecule has 0 aliphatic carbocycles. The lowest BCUT2D eigenvalue weighted by Crippen LogP contribution is -2.13. The van der Waals surface area contributed by atoms with Crippen LogP contribution in [0.1, 0.15) is 0 Å². The van der Waals surface area contributed by atoms with Crippen LogP contribution in [0.5, 0.6) is 0 Å². The van der Waals surface area contributed by atoms with Gasteiger partial charge in [-0.2, -0.15) is 0 Å². The summed E-state index contributed by atoms with van der Waals surface area (Å²) < 4.78 is 0. The molecule has 0 saturated heterocycles. The molecule has 0 aromatic heterocycles. The predicted octanol–water partition coefficient (Wildman–Crippen LogP) is 0.552. The molecule has 3 nitrogen and oxygen atoms in total. The van der Waals surface area contributed by atoms with Gasteiger partial charge in [0, 0.05) is 18.2 Å². The summed E-state index contributed by atoms with van der Waals surface area (Å²) in [5.41, 5.74) is 4.97. The van der Waals surface area contributed by atoms with Crippen LogP contribution in [-0.4, -0.2) is 17.9 Å². The van der Waals surface area contributed by atoms with Crippen molar-refractivity contribution in [1.29, 1.82) is 0 Å². The van der Waals surface area contributed by atoms with Gasteiger partial charge in [0.05, 0.1) is 4.91 Å². The van der Waals surface area contributed by atoms with Gasteiger partial charge in [-0.05, 0) is 0 Å². The van der Waals surface area contributed by atoms with Gasteiger partial charge in [0.25, 0.3) is 5.91 Å². The smallest absolute Gasteiger partial charge is 0.256 e. The highest BCUT2D eigenvalue weighted by Crippen LogP contribution is 2.16. The molecule has 0 unspecified atom stereocenters. The van der Waals surface area contributed by atoms with Crippen molar-refractivity contribution in [1.82, 2.24) is 0 Å². The Morgan fingerprint density at radius 1 is 1.80 bits per heavy atom. The van der Waals surface area contributed by atoms with Crippen LogP contribution in [0.4, 0.5) is 0 Å². The first-order chi connectivity index (χ1) is 4.30. The molecule has 1 aliphatic heterocycles. The zero-order valence-corrected chi connectivity index (χ0v) is 6.74. The van der Waals surface area contributed by atoms with E-state index in [0.717, 1.165) is 5.75 Å². The summed E-state index contributed by atoms with van der Waals surface area (Å²) in [4.78, 5) is 14.7. The number of nitrogens with zero attached hydrogens (tertiary/aromatic N) is 1. The Balaban J connectivity index is 0.000000810. The van der Waals surface area contributed by atoms with Gasteiger partial charge in [-0.1, -0.05) is 0 Å². The van der Waals surface area contributed by atoms with Crippen molar-refractivity contribution in [2.45, 2.75) is 0 Å². The summed E-state index contributed by atoms with van der Waals surface area (Å²) >= 11 is 1.41. The second-order valence-corrected chi connectivity index (χ2v) is 2.56. The number of nitrogens with two attached hydrogens (primary N) is 1. The largest absolute Gasteiger partial charge is 0.365 e. The average Bonchev–Trinajstić information content (AvgIpc) is 1.90. The van der Waals surface area contributed by atoms with Crippen molar-refractivity contribution in [2.75, 3.05) is 5.75 Å². The lowest BCUT2D eigenvalue weighted by molar-refractivity contribution is -0.113. The van der Waals surface area contributed by atoms with Gasteiger partial charge in [0.2, 0.25) is 0 Å². The first kappa shape index (κ1) is 9.52. The number of hydrogen-bond donors (Lipinski definition) is 1. The van der Waals surface area contributed by atoms with Crippen LogP contribution >= 0.6 is 24.2 Å². The van der Waals surface area contributed by atoms with E-state index in [2.05, 4.69) is 4.99 Å². The molecule has 0 spiro atoms. The van der Waals surface area contributed by atoms with Crippen LogP contribution in [0.3, 0.4) is 0 Å². The van der Waals surface area contributed by atoms with Crippen molar-refractivity contribution in [2.24, 2.45) is 10.7 Å². The van der Waals surface area contributed by atoms with Crippen LogP contribution in [-0.2, 0) is 4.79 Å². The Labute approximate surface area is 69.2 Å². The van der Waals surface area contributed by atoms with E-state index >= 15 is 0 Å². The summed E-state index contributed by atoms with van der Waals surface area (Å²) in [6.45, 7) is 0. The van der Waals surface area contributed by atoms with Gasteiger partial charge < -0.3 is 5.73 Å². The number of amides is 1. The Morgan fingerprint density at radius 2 is 2.50 bits per heavy atom. The lowest BCUT2D eigenvalue weighted by Gasteiger charge is -2.00. The molecule has 0 atom stereocenters. The number of halogens is 1. The molecule has 0 radical (unpaired) electrons. The van der Waals surface area contributed by atoms with E-state index in [9.17, 15) is 4.79 Å². The van der Waals surface area contributed by atoms with E-state index < -0.39 is 5.91 Å². The molecule has 5 heteroatoms. The second-order valence-electron chi connectivity index (χ2n) is 1.50.